The summed E-state index contributed by atoms with van der Waals surface area (Å²) in [7, 11) is 3.32. The first-order valence-electron chi connectivity index (χ1n) is 7.96. The van der Waals surface area contributed by atoms with Crippen LogP contribution in [-0.4, -0.2) is 27.3 Å². The van der Waals surface area contributed by atoms with E-state index in [9.17, 15) is 0 Å². The molecule has 0 atom stereocenters. The number of hydrogen-bond acceptors (Lipinski definition) is 3. The highest BCUT2D eigenvalue weighted by Gasteiger charge is 2.01. The average molecular weight is 311 g/mol. The van der Waals surface area contributed by atoms with Crippen LogP contribution in [0.3, 0.4) is 0 Å². The van der Waals surface area contributed by atoms with Crippen LogP contribution >= 0.6 is 0 Å². The van der Waals surface area contributed by atoms with Crippen molar-refractivity contribution in [3.05, 3.63) is 53.6 Å². The Bertz CT molecular complexity index is 621. The van der Waals surface area contributed by atoms with Crippen molar-refractivity contribution in [2.75, 3.05) is 32.2 Å². The zero-order valence-electron chi connectivity index (χ0n) is 14.4. The molecule has 0 aliphatic heterocycles. The predicted molar refractivity (Wildman–Crippen MR) is 98.5 cm³/mol. The lowest BCUT2D eigenvalue weighted by molar-refractivity contribution is 0.394. The van der Waals surface area contributed by atoms with Gasteiger partial charge < -0.3 is 14.4 Å². The van der Waals surface area contributed by atoms with Crippen molar-refractivity contribution < 1.29 is 9.47 Å². The molecule has 2 rings (SSSR count). The zero-order valence-corrected chi connectivity index (χ0v) is 14.4. The van der Waals surface area contributed by atoms with E-state index in [1.165, 1.54) is 11.3 Å². The van der Waals surface area contributed by atoms with Crippen LogP contribution in [0.1, 0.15) is 25.0 Å². The van der Waals surface area contributed by atoms with Crippen molar-refractivity contribution in [2.24, 2.45) is 0 Å². The van der Waals surface area contributed by atoms with E-state index in [2.05, 4.69) is 55.2 Å². The Labute approximate surface area is 139 Å². The predicted octanol–water partition coefficient (Wildman–Crippen LogP) is 4.72. The van der Waals surface area contributed by atoms with Gasteiger partial charge in [0.25, 0.3) is 0 Å². The van der Waals surface area contributed by atoms with Crippen molar-refractivity contribution in [3.63, 3.8) is 0 Å². The topological polar surface area (TPSA) is 21.7 Å². The molecule has 0 aliphatic rings. The van der Waals surface area contributed by atoms with Gasteiger partial charge >= 0.3 is 0 Å². The first-order chi connectivity index (χ1) is 11.2. The van der Waals surface area contributed by atoms with Crippen LogP contribution in [-0.2, 0) is 0 Å². The molecule has 0 saturated carbocycles. The minimum absolute atomic E-state index is 0.792. The molecule has 122 valence electrons. The SMILES string of the molecule is CCN(CC)c1ccc(/C=C/c2cc(OC)cc(OC)c2)cc1. The molecule has 23 heavy (non-hydrogen) atoms. The van der Waals surface area contributed by atoms with Crippen molar-refractivity contribution in [1.82, 2.24) is 0 Å². The van der Waals surface area contributed by atoms with Gasteiger partial charge in [0.1, 0.15) is 11.5 Å². The Hall–Kier alpha value is -2.42. The fourth-order valence-electron chi connectivity index (χ4n) is 2.50. The maximum Gasteiger partial charge on any atom is 0.123 e. The molecule has 0 saturated heterocycles. The Morgan fingerprint density at radius 3 is 1.78 bits per heavy atom. The van der Waals surface area contributed by atoms with Gasteiger partial charge in [-0.05, 0) is 49.2 Å². The summed E-state index contributed by atoms with van der Waals surface area (Å²) in [4.78, 5) is 2.33. The van der Waals surface area contributed by atoms with E-state index in [0.717, 1.165) is 30.2 Å². The van der Waals surface area contributed by atoms with Crippen molar-refractivity contribution in [2.45, 2.75) is 13.8 Å². The van der Waals surface area contributed by atoms with Gasteiger partial charge in [0.15, 0.2) is 0 Å². The number of ether oxygens (including phenoxy) is 2. The Morgan fingerprint density at radius 2 is 1.30 bits per heavy atom. The molecule has 0 heterocycles. The summed E-state index contributed by atoms with van der Waals surface area (Å²) >= 11 is 0. The molecule has 2 aromatic rings. The lowest BCUT2D eigenvalue weighted by Gasteiger charge is -2.20. The van der Waals surface area contributed by atoms with E-state index in [1.807, 2.05) is 18.2 Å². The third-order valence-corrected chi connectivity index (χ3v) is 3.86. The number of nitrogens with zero attached hydrogens (tertiary/aromatic N) is 1. The van der Waals surface area contributed by atoms with Crippen LogP contribution in [0.5, 0.6) is 11.5 Å². The van der Waals surface area contributed by atoms with Gasteiger partial charge in [0.2, 0.25) is 0 Å². The molecule has 2 aromatic carbocycles. The normalized spacial score (nSPS) is 10.8. The molecule has 0 aromatic heterocycles. The lowest BCUT2D eigenvalue weighted by Crippen LogP contribution is -2.21. The summed E-state index contributed by atoms with van der Waals surface area (Å²) in [5.74, 6) is 1.58. The van der Waals surface area contributed by atoms with Gasteiger partial charge in [0, 0.05) is 24.8 Å². The second-order valence-corrected chi connectivity index (χ2v) is 5.24. The minimum Gasteiger partial charge on any atom is -0.497 e. The quantitative estimate of drug-likeness (QED) is 0.691. The molecule has 0 amide bonds. The molecule has 0 aliphatic carbocycles. The highest BCUT2D eigenvalue weighted by atomic mass is 16.5. The van der Waals surface area contributed by atoms with E-state index >= 15 is 0 Å². The average Bonchev–Trinajstić information content (AvgIpc) is 2.61. The van der Waals surface area contributed by atoms with E-state index in [0.29, 0.717) is 0 Å². The number of rotatable bonds is 7. The van der Waals surface area contributed by atoms with Gasteiger partial charge in [-0.3, -0.25) is 0 Å². The standard InChI is InChI=1S/C20H25NO2/c1-5-21(6-2)18-11-9-16(10-12-18)7-8-17-13-19(22-3)15-20(14-17)23-4/h7-15H,5-6H2,1-4H3/b8-7+. The Balaban J connectivity index is 2.17. The van der Waals surface area contributed by atoms with Gasteiger partial charge in [-0.2, -0.15) is 0 Å². The molecular formula is C20H25NO2. The number of benzene rings is 2. The van der Waals surface area contributed by atoms with Crippen LogP contribution < -0.4 is 14.4 Å². The van der Waals surface area contributed by atoms with Crippen LogP contribution in [0.25, 0.3) is 12.2 Å². The van der Waals surface area contributed by atoms with Crippen LogP contribution in [0, 0.1) is 0 Å². The molecule has 0 fully saturated rings. The summed E-state index contributed by atoms with van der Waals surface area (Å²) in [5, 5.41) is 0. The Morgan fingerprint density at radius 1 is 0.783 bits per heavy atom. The molecule has 3 nitrogen and oxygen atoms in total. The maximum atomic E-state index is 5.30. The summed E-state index contributed by atoms with van der Waals surface area (Å²) in [6.45, 7) is 6.39. The second kappa shape index (κ2) is 8.28. The first-order valence-corrected chi connectivity index (χ1v) is 7.96. The zero-order chi connectivity index (χ0) is 16.7. The van der Waals surface area contributed by atoms with Crippen molar-refractivity contribution >= 4 is 17.8 Å². The van der Waals surface area contributed by atoms with E-state index in [4.69, 9.17) is 9.47 Å². The molecule has 0 N–H and O–H groups in total. The van der Waals surface area contributed by atoms with Crippen LogP contribution in [0.15, 0.2) is 42.5 Å². The van der Waals surface area contributed by atoms with Crippen LogP contribution in [0.2, 0.25) is 0 Å². The minimum atomic E-state index is 0.792. The molecule has 3 heteroatoms. The number of anilines is 1. The van der Waals surface area contributed by atoms with Crippen molar-refractivity contribution in [3.8, 4) is 11.5 Å². The molecule has 0 spiro atoms. The summed E-state index contributed by atoms with van der Waals surface area (Å²) in [5.41, 5.74) is 3.48. The van der Waals surface area contributed by atoms with Gasteiger partial charge in [-0.1, -0.05) is 24.3 Å². The van der Waals surface area contributed by atoms with Gasteiger partial charge in [-0.15, -0.1) is 0 Å². The molecule has 0 bridgehead atoms. The molecule has 0 unspecified atom stereocenters. The summed E-state index contributed by atoms with van der Waals surface area (Å²) < 4.78 is 10.6. The maximum absolute atomic E-state index is 5.30. The fourth-order valence-corrected chi connectivity index (χ4v) is 2.50. The first kappa shape index (κ1) is 16.9. The third kappa shape index (κ3) is 4.52. The second-order valence-electron chi connectivity index (χ2n) is 5.24. The van der Waals surface area contributed by atoms with Crippen LogP contribution in [0.4, 0.5) is 5.69 Å². The van der Waals surface area contributed by atoms with E-state index < -0.39 is 0 Å². The van der Waals surface area contributed by atoms with Gasteiger partial charge in [0.05, 0.1) is 14.2 Å². The molecule has 0 radical (unpaired) electrons. The smallest absolute Gasteiger partial charge is 0.123 e. The summed E-state index contributed by atoms with van der Waals surface area (Å²) in [6, 6.07) is 14.5. The van der Waals surface area contributed by atoms with E-state index in [-0.39, 0.29) is 0 Å². The van der Waals surface area contributed by atoms with Gasteiger partial charge in [-0.25, -0.2) is 0 Å². The lowest BCUT2D eigenvalue weighted by atomic mass is 10.1. The summed E-state index contributed by atoms with van der Waals surface area (Å²) in [6.07, 6.45) is 4.16. The third-order valence-electron chi connectivity index (χ3n) is 3.86. The van der Waals surface area contributed by atoms with Crippen molar-refractivity contribution in [1.29, 1.82) is 0 Å². The number of methoxy groups -OCH3 is 2. The highest BCUT2D eigenvalue weighted by molar-refractivity contribution is 5.71. The van der Waals surface area contributed by atoms with E-state index in [1.54, 1.807) is 14.2 Å². The Kier molecular flexibility index (Phi) is 6.10. The largest absolute Gasteiger partial charge is 0.497 e. The molecular weight excluding hydrogens is 286 g/mol. The number of hydrogen-bond donors (Lipinski definition) is 0. The fraction of sp³-hybridized carbons (Fsp3) is 0.300. The highest BCUT2D eigenvalue weighted by Crippen LogP contribution is 2.24. The monoisotopic (exact) mass is 311 g/mol.